The Labute approximate surface area is 97.1 Å². The fourth-order valence-electron chi connectivity index (χ4n) is 1.39. The summed E-state index contributed by atoms with van der Waals surface area (Å²) in [6.45, 7) is 1.84. The monoisotopic (exact) mass is 245 g/mol. The molecule has 1 unspecified atom stereocenters. The first-order chi connectivity index (χ1) is 7.06. The molecule has 2 N–H and O–H groups in total. The summed E-state index contributed by atoms with van der Waals surface area (Å²) in [5.41, 5.74) is 3.55. The second-order valence-electron chi connectivity index (χ2n) is 3.26. The molecule has 6 heteroatoms. The third-order valence-electron chi connectivity index (χ3n) is 1.97. The number of hydrogen-bond acceptors (Lipinski definition) is 2. The number of hydrazine groups is 1. The Morgan fingerprint density at radius 2 is 1.87 bits per heavy atom. The average Bonchev–Trinajstić information content (AvgIpc) is 2.43. The van der Waals surface area contributed by atoms with Crippen LogP contribution in [0.15, 0.2) is 18.2 Å². The van der Waals surface area contributed by atoms with Crippen molar-refractivity contribution in [1.29, 1.82) is 0 Å². The summed E-state index contributed by atoms with van der Waals surface area (Å²) in [5, 5.41) is 5.06. The number of urea groups is 1. The number of halogens is 2. The number of nitrogens with zero attached hydrogens (tertiary/aromatic N) is 1. The molecule has 0 aliphatic carbocycles. The highest BCUT2D eigenvalue weighted by atomic mass is 35.5. The number of anilines is 1. The van der Waals surface area contributed by atoms with E-state index in [1.807, 2.05) is 6.92 Å². The van der Waals surface area contributed by atoms with Gasteiger partial charge >= 0.3 is 6.03 Å². The maximum atomic E-state index is 11.5. The average molecular weight is 246 g/mol. The van der Waals surface area contributed by atoms with Crippen molar-refractivity contribution >= 4 is 34.9 Å². The first kappa shape index (κ1) is 10.5. The van der Waals surface area contributed by atoms with Crippen molar-refractivity contribution in [1.82, 2.24) is 10.7 Å². The molecule has 15 heavy (non-hydrogen) atoms. The quantitative estimate of drug-likeness (QED) is 0.798. The lowest BCUT2D eigenvalue weighted by Crippen LogP contribution is -2.36. The van der Waals surface area contributed by atoms with Gasteiger partial charge in [-0.2, -0.15) is 0 Å². The van der Waals surface area contributed by atoms with Crippen LogP contribution >= 0.6 is 23.2 Å². The van der Waals surface area contributed by atoms with Crippen LogP contribution in [0.2, 0.25) is 10.0 Å². The Morgan fingerprint density at radius 3 is 2.33 bits per heavy atom. The molecule has 1 aliphatic heterocycles. The predicted octanol–water partition coefficient (Wildman–Crippen LogP) is 2.37. The van der Waals surface area contributed by atoms with Crippen LogP contribution in [0.25, 0.3) is 0 Å². The fraction of sp³-hybridized carbons (Fsp3) is 0.222. The van der Waals surface area contributed by atoms with Crippen LogP contribution in [-0.2, 0) is 0 Å². The number of amides is 2. The van der Waals surface area contributed by atoms with Crippen LogP contribution in [0.5, 0.6) is 0 Å². The molecule has 1 aromatic rings. The third kappa shape index (κ3) is 2.17. The standard InChI is InChI=1S/C9H9Cl2N3O/c1-5-12-9(15)14(13-5)8-3-6(10)2-7(11)4-8/h2-5,13H,1H3,(H,12,15). The number of carbonyl (C=O) groups is 1. The zero-order chi connectivity index (χ0) is 11.0. The van der Waals surface area contributed by atoms with Crippen LogP contribution in [0, 0.1) is 0 Å². The van der Waals surface area contributed by atoms with E-state index in [0.717, 1.165) is 0 Å². The minimum Gasteiger partial charge on any atom is -0.320 e. The summed E-state index contributed by atoms with van der Waals surface area (Å²) in [6.07, 6.45) is -0.102. The molecule has 1 atom stereocenters. The van der Waals surface area contributed by atoms with Crippen molar-refractivity contribution in [2.24, 2.45) is 0 Å². The van der Waals surface area contributed by atoms with Gasteiger partial charge in [-0.15, -0.1) is 0 Å². The Kier molecular flexibility index (Phi) is 2.73. The first-order valence-corrected chi connectivity index (χ1v) is 5.15. The molecule has 0 spiro atoms. The Bertz CT molecular complexity index is 390. The lowest BCUT2D eigenvalue weighted by Gasteiger charge is -2.15. The topological polar surface area (TPSA) is 44.4 Å². The Balaban J connectivity index is 2.33. The molecule has 0 radical (unpaired) electrons. The predicted molar refractivity (Wildman–Crippen MR) is 60.1 cm³/mol. The van der Waals surface area contributed by atoms with E-state index >= 15 is 0 Å². The largest absolute Gasteiger partial charge is 0.337 e. The summed E-state index contributed by atoms with van der Waals surface area (Å²) in [6, 6.07) is 4.72. The molecule has 1 saturated heterocycles. The van der Waals surface area contributed by atoms with Crippen LogP contribution in [-0.4, -0.2) is 12.2 Å². The zero-order valence-corrected chi connectivity index (χ0v) is 9.43. The summed E-state index contributed by atoms with van der Waals surface area (Å²) in [7, 11) is 0. The molecule has 1 heterocycles. The summed E-state index contributed by atoms with van der Waals surface area (Å²) in [4.78, 5) is 11.5. The maximum Gasteiger partial charge on any atom is 0.337 e. The minimum absolute atomic E-state index is 0.102. The van der Waals surface area contributed by atoms with Crippen molar-refractivity contribution in [3.05, 3.63) is 28.2 Å². The summed E-state index contributed by atoms with van der Waals surface area (Å²) in [5.74, 6) is 0. The SMILES string of the molecule is CC1NC(=O)N(c2cc(Cl)cc(Cl)c2)N1. The summed E-state index contributed by atoms with van der Waals surface area (Å²) >= 11 is 11.7. The normalized spacial score (nSPS) is 20.6. The Morgan fingerprint density at radius 1 is 1.27 bits per heavy atom. The molecule has 0 bridgehead atoms. The second kappa shape index (κ2) is 3.89. The van der Waals surface area contributed by atoms with Crippen molar-refractivity contribution in [2.45, 2.75) is 13.1 Å². The second-order valence-corrected chi connectivity index (χ2v) is 4.14. The van der Waals surface area contributed by atoms with Crippen LogP contribution < -0.4 is 15.8 Å². The number of hydrogen-bond donors (Lipinski definition) is 2. The van der Waals surface area contributed by atoms with Crippen molar-refractivity contribution in [2.75, 3.05) is 5.01 Å². The van der Waals surface area contributed by atoms with Gasteiger partial charge in [0.05, 0.1) is 11.9 Å². The van der Waals surface area contributed by atoms with Gasteiger partial charge in [0.1, 0.15) is 0 Å². The molecule has 2 amide bonds. The van der Waals surface area contributed by atoms with Crippen LogP contribution in [0.4, 0.5) is 10.5 Å². The van der Waals surface area contributed by atoms with Crippen molar-refractivity contribution in [3.8, 4) is 0 Å². The van der Waals surface area contributed by atoms with Gasteiger partial charge in [0.15, 0.2) is 0 Å². The summed E-state index contributed by atoms with van der Waals surface area (Å²) < 4.78 is 0. The van der Waals surface area contributed by atoms with E-state index in [1.165, 1.54) is 5.01 Å². The minimum atomic E-state index is -0.221. The van der Waals surface area contributed by atoms with Crippen molar-refractivity contribution in [3.63, 3.8) is 0 Å². The van der Waals surface area contributed by atoms with Gasteiger partial charge in [-0.1, -0.05) is 23.2 Å². The van der Waals surface area contributed by atoms with E-state index in [-0.39, 0.29) is 12.2 Å². The molecule has 0 aromatic heterocycles. The fourth-order valence-corrected chi connectivity index (χ4v) is 1.91. The molecule has 4 nitrogen and oxygen atoms in total. The van der Waals surface area contributed by atoms with Crippen molar-refractivity contribution < 1.29 is 4.79 Å². The molecule has 80 valence electrons. The highest BCUT2D eigenvalue weighted by Crippen LogP contribution is 2.25. The van der Waals surface area contributed by atoms with Gasteiger partial charge in [0, 0.05) is 10.0 Å². The molecule has 2 rings (SSSR count). The molecule has 1 fully saturated rings. The van der Waals surface area contributed by atoms with E-state index in [0.29, 0.717) is 15.7 Å². The highest BCUT2D eigenvalue weighted by molar-refractivity contribution is 6.35. The van der Waals surface area contributed by atoms with Gasteiger partial charge in [-0.25, -0.2) is 15.2 Å². The molecular weight excluding hydrogens is 237 g/mol. The van der Waals surface area contributed by atoms with Crippen LogP contribution in [0.3, 0.4) is 0 Å². The van der Waals surface area contributed by atoms with E-state index in [4.69, 9.17) is 23.2 Å². The number of rotatable bonds is 1. The first-order valence-electron chi connectivity index (χ1n) is 4.39. The van der Waals surface area contributed by atoms with E-state index in [2.05, 4.69) is 10.7 Å². The highest BCUT2D eigenvalue weighted by Gasteiger charge is 2.26. The zero-order valence-electron chi connectivity index (χ0n) is 7.92. The number of nitrogens with one attached hydrogen (secondary N) is 2. The van der Waals surface area contributed by atoms with Crippen LogP contribution in [0.1, 0.15) is 6.92 Å². The van der Waals surface area contributed by atoms with Gasteiger partial charge in [0.25, 0.3) is 0 Å². The number of carbonyl (C=O) groups excluding carboxylic acids is 1. The third-order valence-corrected chi connectivity index (χ3v) is 2.41. The van der Waals surface area contributed by atoms with Gasteiger partial charge < -0.3 is 5.32 Å². The molecular formula is C9H9Cl2N3O. The van der Waals surface area contributed by atoms with Gasteiger partial charge in [-0.3, -0.25) is 0 Å². The van der Waals surface area contributed by atoms with Gasteiger partial charge in [-0.05, 0) is 25.1 Å². The maximum absolute atomic E-state index is 11.5. The van der Waals surface area contributed by atoms with E-state index in [9.17, 15) is 4.79 Å². The van der Waals surface area contributed by atoms with Gasteiger partial charge in [0.2, 0.25) is 0 Å². The molecule has 1 aliphatic rings. The number of benzene rings is 1. The van der Waals surface area contributed by atoms with E-state index in [1.54, 1.807) is 18.2 Å². The molecule has 1 aromatic carbocycles. The lowest BCUT2D eigenvalue weighted by molar-refractivity contribution is 0.251. The Hall–Kier alpha value is -0.970. The molecule has 0 saturated carbocycles. The smallest absolute Gasteiger partial charge is 0.320 e. The van der Waals surface area contributed by atoms with E-state index < -0.39 is 0 Å². The lowest BCUT2D eigenvalue weighted by atomic mass is 10.3.